The van der Waals surface area contributed by atoms with Crippen molar-refractivity contribution < 1.29 is 27.5 Å². The van der Waals surface area contributed by atoms with Gasteiger partial charge in [0.25, 0.3) is 0 Å². The second-order valence-electron chi connectivity index (χ2n) is 8.82. The standard InChI is InChI=1S/C29H29NO6S/c1-20-14-17-23(18-15-20)37(33,34)30-26(22-12-8-5-9-13-22)27(30)24(19-16-21-10-6-4-7-11-21)25(28(31)35-2)29(32)36-3/h4-15,17-18,26-27H,16,19H2,1-3H3/t26-,27+,30?/m0/s1. The van der Waals surface area contributed by atoms with Crippen LogP contribution < -0.4 is 0 Å². The Balaban J connectivity index is 1.86. The Labute approximate surface area is 217 Å². The molecule has 0 bridgehead atoms. The van der Waals surface area contributed by atoms with Crippen molar-refractivity contribution in [1.29, 1.82) is 0 Å². The van der Waals surface area contributed by atoms with E-state index in [1.54, 1.807) is 24.3 Å². The van der Waals surface area contributed by atoms with E-state index in [9.17, 15) is 18.0 Å². The predicted octanol–water partition coefficient (Wildman–Crippen LogP) is 4.38. The van der Waals surface area contributed by atoms with E-state index in [0.717, 1.165) is 16.7 Å². The fraction of sp³-hybridized carbons (Fsp3) is 0.241. The maximum Gasteiger partial charge on any atom is 0.345 e. The van der Waals surface area contributed by atoms with Crippen LogP contribution in [0.25, 0.3) is 0 Å². The van der Waals surface area contributed by atoms with Gasteiger partial charge in [0.05, 0.1) is 31.2 Å². The summed E-state index contributed by atoms with van der Waals surface area (Å²) in [7, 11) is -1.59. The van der Waals surface area contributed by atoms with Crippen LogP contribution in [0.5, 0.6) is 0 Å². The molecule has 0 amide bonds. The third-order valence-electron chi connectivity index (χ3n) is 6.48. The number of esters is 2. The number of sulfonamides is 1. The monoisotopic (exact) mass is 519 g/mol. The highest BCUT2D eigenvalue weighted by molar-refractivity contribution is 7.89. The van der Waals surface area contributed by atoms with Crippen LogP contribution >= 0.6 is 0 Å². The first kappa shape index (κ1) is 26.3. The highest BCUT2D eigenvalue weighted by Crippen LogP contribution is 2.52. The molecule has 1 aliphatic rings. The molecule has 0 aliphatic carbocycles. The minimum Gasteiger partial charge on any atom is -0.465 e. The van der Waals surface area contributed by atoms with Gasteiger partial charge in [0.2, 0.25) is 10.0 Å². The third-order valence-corrected chi connectivity index (χ3v) is 8.36. The number of benzene rings is 3. The quantitative estimate of drug-likeness (QED) is 0.137. The van der Waals surface area contributed by atoms with Crippen LogP contribution in [-0.4, -0.2) is 44.9 Å². The van der Waals surface area contributed by atoms with Crippen molar-refractivity contribution in [2.45, 2.75) is 36.7 Å². The van der Waals surface area contributed by atoms with Gasteiger partial charge in [0.15, 0.2) is 0 Å². The van der Waals surface area contributed by atoms with Gasteiger partial charge in [-0.15, -0.1) is 0 Å². The van der Waals surface area contributed by atoms with Crippen molar-refractivity contribution in [1.82, 2.24) is 4.31 Å². The summed E-state index contributed by atoms with van der Waals surface area (Å²) in [6.07, 6.45) is 0.752. The van der Waals surface area contributed by atoms with Gasteiger partial charge in [-0.1, -0.05) is 78.4 Å². The SMILES string of the molecule is COC(=O)C(C(=O)OC)=C(CCc1ccccc1)[C@@H]1[C@H](c2ccccc2)N1S(=O)(=O)c1ccc(C)cc1. The summed E-state index contributed by atoms with van der Waals surface area (Å²) in [6.45, 7) is 1.88. The predicted molar refractivity (Wildman–Crippen MR) is 139 cm³/mol. The Bertz CT molecular complexity index is 1380. The lowest BCUT2D eigenvalue weighted by Crippen LogP contribution is -2.23. The van der Waals surface area contributed by atoms with Gasteiger partial charge in [0, 0.05) is 0 Å². The fourth-order valence-corrected chi connectivity index (χ4v) is 6.31. The molecule has 192 valence electrons. The zero-order chi connectivity index (χ0) is 26.6. The van der Waals surface area contributed by atoms with Crippen LogP contribution in [0, 0.1) is 6.92 Å². The van der Waals surface area contributed by atoms with E-state index in [0.29, 0.717) is 12.0 Å². The molecule has 7 nitrogen and oxygen atoms in total. The van der Waals surface area contributed by atoms with Crippen LogP contribution in [0.3, 0.4) is 0 Å². The number of rotatable bonds is 9. The lowest BCUT2D eigenvalue weighted by atomic mass is 9.94. The van der Waals surface area contributed by atoms with E-state index in [2.05, 4.69) is 0 Å². The average molecular weight is 520 g/mol. The van der Waals surface area contributed by atoms with E-state index in [1.165, 1.54) is 18.5 Å². The molecule has 1 fully saturated rings. The molecule has 1 saturated heterocycles. The summed E-state index contributed by atoms with van der Waals surface area (Å²) < 4.78 is 38.9. The molecule has 0 aromatic heterocycles. The number of hydrogen-bond donors (Lipinski definition) is 0. The Morgan fingerprint density at radius 3 is 1.89 bits per heavy atom. The average Bonchev–Trinajstić information content (AvgIpc) is 3.68. The largest absolute Gasteiger partial charge is 0.465 e. The second kappa shape index (κ2) is 11.1. The molecule has 4 rings (SSSR count). The molecule has 1 unspecified atom stereocenters. The maximum absolute atomic E-state index is 13.9. The number of hydrogen-bond acceptors (Lipinski definition) is 6. The lowest BCUT2D eigenvalue weighted by molar-refractivity contribution is -0.144. The van der Waals surface area contributed by atoms with E-state index in [1.807, 2.05) is 67.6 Å². The first-order valence-electron chi connectivity index (χ1n) is 11.9. The molecule has 0 N–H and O–H groups in total. The molecule has 8 heteroatoms. The Morgan fingerprint density at radius 1 is 0.811 bits per heavy atom. The van der Waals surface area contributed by atoms with E-state index >= 15 is 0 Å². The van der Waals surface area contributed by atoms with Crippen LogP contribution in [0.15, 0.2) is 101 Å². The molecule has 0 saturated carbocycles. The minimum absolute atomic E-state index is 0.140. The summed E-state index contributed by atoms with van der Waals surface area (Å²) in [6, 6.07) is 24.0. The molecule has 1 aliphatic heterocycles. The summed E-state index contributed by atoms with van der Waals surface area (Å²) in [5.74, 6) is -1.72. The van der Waals surface area contributed by atoms with Crippen molar-refractivity contribution in [3.8, 4) is 0 Å². The van der Waals surface area contributed by atoms with Gasteiger partial charge in [0.1, 0.15) is 5.57 Å². The van der Waals surface area contributed by atoms with Crippen molar-refractivity contribution in [2.75, 3.05) is 14.2 Å². The molecular weight excluding hydrogens is 490 g/mol. The second-order valence-corrected chi connectivity index (χ2v) is 10.7. The van der Waals surface area contributed by atoms with E-state index < -0.39 is 34.0 Å². The zero-order valence-electron chi connectivity index (χ0n) is 21.0. The molecule has 0 radical (unpaired) electrons. The van der Waals surface area contributed by atoms with Gasteiger partial charge < -0.3 is 9.47 Å². The Morgan fingerprint density at radius 2 is 1.35 bits per heavy atom. The molecule has 3 aromatic carbocycles. The number of nitrogens with zero attached hydrogens (tertiary/aromatic N) is 1. The van der Waals surface area contributed by atoms with E-state index in [4.69, 9.17) is 9.47 Å². The minimum atomic E-state index is -3.96. The number of carbonyl (C=O) groups is 2. The number of methoxy groups -OCH3 is 2. The van der Waals surface area contributed by atoms with Crippen molar-refractivity contribution in [3.63, 3.8) is 0 Å². The summed E-state index contributed by atoms with van der Waals surface area (Å²) in [5.41, 5.74) is 2.77. The lowest BCUT2D eigenvalue weighted by Gasteiger charge is -2.14. The molecule has 1 heterocycles. The highest BCUT2D eigenvalue weighted by atomic mass is 32.2. The smallest absolute Gasteiger partial charge is 0.345 e. The molecular formula is C29H29NO6S. The van der Waals surface area contributed by atoms with Crippen LogP contribution in [0.2, 0.25) is 0 Å². The number of ether oxygens (including phenoxy) is 2. The Kier molecular flexibility index (Phi) is 7.90. The first-order valence-corrected chi connectivity index (χ1v) is 13.3. The zero-order valence-corrected chi connectivity index (χ0v) is 21.8. The van der Waals surface area contributed by atoms with Crippen molar-refractivity contribution in [2.24, 2.45) is 0 Å². The van der Waals surface area contributed by atoms with Gasteiger partial charge in [-0.25, -0.2) is 18.0 Å². The summed E-state index contributed by atoms with van der Waals surface area (Å²) in [4.78, 5) is 25.9. The van der Waals surface area contributed by atoms with Crippen LogP contribution in [0.4, 0.5) is 0 Å². The third kappa shape index (κ3) is 5.50. The van der Waals surface area contributed by atoms with Crippen LogP contribution in [0.1, 0.15) is 29.2 Å². The fourth-order valence-electron chi connectivity index (χ4n) is 4.56. The van der Waals surface area contributed by atoms with Crippen molar-refractivity contribution in [3.05, 3.63) is 113 Å². The topological polar surface area (TPSA) is 89.8 Å². The normalized spacial score (nSPS) is 18.5. The van der Waals surface area contributed by atoms with Gasteiger partial charge in [-0.3, -0.25) is 0 Å². The molecule has 0 spiro atoms. The molecule has 3 aromatic rings. The highest BCUT2D eigenvalue weighted by Gasteiger charge is 2.59. The van der Waals surface area contributed by atoms with Crippen molar-refractivity contribution >= 4 is 22.0 Å². The molecule has 3 atom stereocenters. The van der Waals surface area contributed by atoms with Crippen LogP contribution in [-0.2, 0) is 35.5 Å². The summed E-state index contributed by atoms with van der Waals surface area (Å²) in [5, 5.41) is 0. The maximum atomic E-state index is 13.9. The number of carbonyl (C=O) groups excluding carboxylic acids is 2. The Hall–Kier alpha value is -3.75. The molecule has 37 heavy (non-hydrogen) atoms. The number of aryl methyl sites for hydroxylation is 2. The van der Waals surface area contributed by atoms with E-state index in [-0.39, 0.29) is 16.9 Å². The summed E-state index contributed by atoms with van der Waals surface area (Å²) >= 11 is 0. The van der Waals surface area contributed by atoms with Gasteiger partial charge in [-0.05, 0) is 48.6 Å². The van der Waals surface area contributed by atoms with Gasteiger partial charge in [-0.2, -0.15) is 4.31 Å². The first-order chi connectivity index (χ1) is 17.8. The van der Waals surface area contributed by atoms with Gasteiger partial charge >= 0.3 is 11.9 Å².